The van der Waals surface area contributed by atoms with E-state index in [1.165, 1.54) is 7.11 Å². The van der Waals surface area contributed by atoms with Gasteiger partial charge in [-0.05, 0) is 25.0 Å². The lowest BCUT2D eigenvalue weighted by Crippen LogP contribution is -2.36. The van der Waals surface area contributed by atoms with Gasteiger partial charge < -0.3 is 9.64 Å². The van der Waals surface area contributed by atoms with E-state index in [9.17, 15) is 4.79 Å². The fourth-order valence-electron chi connectivity index (χ4n) is 2.01. The van der Waals surface area contributed by atoms with Crippen LogP contribution in [-0.4, -0.2) is 36.0 Å². The maximum absolute atomic E-state index is 12.3. The second-order valence-corrected chi connectivity index (χ2v) is 4.14. The van der Waals surface area contributed by atoms with Crippen LogP contribution in [0.2, 0.25) is 0 Å². The number of hydrogen-bond donors (Lipinski definition) is 0. The van der Waals surface area contributed by atoms with Crippen molar-refractivity contribution >= 4 is 5.91 Å². The normalized spacial score (nSPS) is 15.8. The number of pyridine rings is 1. The van der Waals surface area contributed by atoms with Gasteiger partial charge in [-0.1, -0.05) is 12.2 Å². The maximum atomic E-state index is 12.3. The van der Waals surface area contributed by atoms with Crippen LogP contribution in [0.3, 0.4) is 0 Å². The molecule has 1 fully saturated rings. The van der Waals surface area contributed by atoms with Crippen molar-refractivity contribution in [2.75, 3.05) is 20.2 Å². The highest BCUT2D eigenvalue weighted by Crippen LogP contribution is 2.20. The minimum Gasteiger partial charge on any atom is -0.480 e. The number of rotatable bonds is 2. The van der Waals surface area contributed by atoms with Crippen molar-refractivity contribution in [3.05, 3.63) is 36.0 Å². The highest BCUT2D eigenvalue weighted by Gasteiger charge is 2.22. The van der Waals surface area contributed by atoms with E-state index in [4.69, 9.17) is 4.74 Å². The lowest BCUT2D eigenvalue weighted by atomic mass is 10.1. The number of piperidine rings is 1. The first-order valence-electron chi connectivity index (χ1n) is 5.67. The molecule has 0 radical (unpaired) electrons. The summed E-state index contributed by atoms with van der Waals surface area (Å²) in [7, 11) is 1.52. The first kappa shape index (κ1) is 11.6. The van der Waals surface area contributed by atoms with E-state index >= 15 is 0 Å². The summed E-state index contributed by atoms with van der Waals surface area (Å²) in [5, 5.41) is 0. The minimum atomic E-state index is -0.0317. The molecule has 2 rings (SSSR count). The molecule has 0 N–H and O–H groups in total. The zero-order valence-corrected chi connectivity index (χ0v) is 9.98. The molecule has 1 aliphatic rings. The molecular formula is C13H16N2O2. The smallest absolute Gasteiger partial charge is 0.259 e. The minimum absolute atomic E-state index is 0.0317. The van der Waals surface area contributed by atoms with E-state index in [0.717, 1.165) is 25.0 Å². The zero-order valence-electron chi connectivity index (χ0n) is 9.98. The molecule has 2 heterocycles. The van der Waals surface area contributed by atoms with Crippen LogP contribution in [0.4, 0.5) is 0 Å². The largest absolute Gasteiger partial charge is 0.480 e. The van der Waals surface area contributed by atoms with Gasteiger partial charge in [0.05, 0.1) is 7.11 Å². The third-order valence-corrected chi connectivity index (χ3v) is 2.85. The molecule has 1 aromatic rings. The second kappa shape index (κ2) is 4.99. The quantitative estimate of drug-likeness (QED) is 0.731. The van der Waals surface area contributed by atoms with Crippen molar-refractivity contribution in [1.29, 1.82) is 0 Å². The van der Waals surface area contributed by atoms with Gasteiger partial charge in [-0.15, -0.1) is 0 Å². The van der Waals surface area contributed by atoms with Crippen LogP contribution in [0.15, 0.2) is 30.5 Å². The number of nitrogens with zero attached hydrogens (tertiary/aromatic N) is 2. The Balaban J connectivity index is 2.21. The average molecular weight is 232 g/mol. The predicted molar refractivity (Wildman–Crippen MR) is 65.1 cm³/mol. The average Bonchev–Trinajstić information content (AvgIpc) is 2.38. The number of methoxy groups -OCH3 is 1. The van der Waals surface area contributed by atoms with Crippen LogP contribution in [0.5, 0.6) is 5.88 Å². The van der Waals surface area contributed by atoms with Crippen molar-refractivity contribution in [3.8, 4) is 5.88 Å². The molecule has 0 saturated carbocycles. The summed E-state index contributed by atoms with van der Waals surface area (Å²) in [4.78, 5) is 18.1. The highest BCUT2D eigenvalue weighted by molar-refractivity contribution is 5.96. The van der Waals surface area contributed by atoms with Crippen LogP contribution in [0.1, 0.15) is 23.2 Å². The molecule has 1 aliphatic heterocycles. The van der Waals surface area contributed by atoms with E-state index in [-0.39, 0.29) is 5.91 Å². The molecule has 1 aromatic heterocycles. The highest BCUT2D eigenvalue weighted by atomic mass is 16.5. The van der Waals surface area contributed by atoms with Crippen molar-refractivity contribution < 1.29 is 9.53 Å². The number of likely N-dealkylation sites (tertiary alicyclic amines) is 1. The standard InChI is InChI=1S/C13H16N2O2/c1-10-5-4-8-15(9-10)13(16)11-6-3-7-14-12(11)17-2/h3,6-7H,1,4-5,8-9H2,2H3. The Morgan fingerprint density at radius 1 is 1.59 bits per heavy atom. The fourth-order valence-corrected chi connectivity index (χ4v) is 2.01. The lowest BCUT2D eigenvalue weighted by Gasteiger charge is -2.28. The Morgan fingerprint density at radius 3 is 3.12 bits per heavy atom. The van der Waals surface area contributed by atoms with E-state index in [0.29, 0.717) is 18.0 Å². The molecule has 4 heteroatoms. The van der Waals surface area contributed by atoms with Crippen LogP contribution in [-0.2, 0) is 0 Å². The van der Waals surface area contributed by atoms with Gasteiger partial charge >= 0.3 is 0 Å². The van der Waals surface area contributed by atoms with Crippen molar-refractivity contribution in [1.82, 2.24) is 9.88 Å². The molecule has 90 valence electrons. The number of carbonyl (C=O) groups excluding carboxylic acids is 1. The summed E-state index contributed by atoms with van der Waals surface area (Å²) in [6.07, 6.45) is 3.60. The van der Waals surface area contributed by atoms with Gasteiger partial charge in [0, 0.05) is 19.3 Å². The molecule has 1 saturated heterocycles. The molecular weight excluding hydrogens is 216 g/mol. The SMILES string of the molecule is C=C1CCCN(C(=O)c2cccnc2OC)C1. The monoisotopic (exact) mass is 232 g/mol. The summed E-state index contributed by atoms with van der Waals surface area (Å²) in [5.41, 5.74) is 1.62. The van der Waals surface area contributed by atoms with E-state index in [1.807, 2.05) is 0 Å². The number of aromatic nitrogens is 1. The van der Waals surface area contributed by atoms with Crippen LogP contribution < -0.4 is 4.74 Å². The van der Waals surface area contributed by atoms with Crippen LogP contribution >= 0.6 is 0 Å². The molecule has 0 atom stereocenters. The molecule has 0 bridgehead atoms. The van der Waals surface area contributed by atoms with Gasteiger partial charge in [0.2, 0.25) is 5.88 Å². The number of amides is 1. The molecule has 17 heavy (non-hydrogen) atoms. The summed E-state index contributed by atoms with van der Waals surface area (Å²) < 4.78 is 5.10. The Morgan fingerprint density at radius 2 is 2.41 bits per heavy atom. The van der Waals surface area contributed by atoms with Gasteiger partial charge in [-0.2, -0.15) is 0 Å². The number of ether oxygens (including phenoxy) is 1. The van der Waals surface area contributed by atoms with E-state index < -0.39 is 0 Å². The van der Waals surface area contributed by atoms with Gasteiger partial charge in [0.1, 0.15) is 5.56 Å². The molecule has 1 amide bonds. The molecule has 0 spiro atoms. The molecule has 0 aliphatic carbocycles. The van der Waals surface area contributed by atoms with Crippen LogP contribution in [0.25, 0.3) is 0 Å². The lowest BCUT2D eigenvalue weighted by molar-refractivity contribution is 0.0748. The van der Waals surface area contributed by atoms with Crippen LogP contribution in [0, 0.1) is 0 Å². The number of carbonyl (C=O) groups is 1. The summed E-state index contributed by atoms with van der Waals surface area (Å²) in [6, 6.07) is 3.49. The Hall–Kier alpha value is -1.84. The Bertz CT molecular complexity index is 443. The third-order valence-electron chi connectivity index (χ3n) is 2.85. The van der Waals surface area contributed by atoms with Crippen molar-refractivity contribution in [2.45, 2.75) is 12.8 Å². The Labute approximate surface area is 101 Å². The third kappa shape index (κ3) is 2.46. The zero-order chi connectivity index (χ0) is 12.3. The fraction of sp³-hybridized carbons (Fsp3) is 0.385. The summed E-state index contributed by atoms with van der Waals surface area (Å²) >= 11 is 0. The Kier molecular flexibility index (Phi) is 3.42. The van der Waals surface area contributed by atoms with Gasteiger partial charge in [-0.3, -0.25) is 4.79 Å². The van der Waals surface area contributed by atoms with Crippen molar-refractivity contribution in [2.24, 2.45) is 0 Å². The predicted octanol–water partition coefficient (Wildman–Crippen LogP) is 1.88. The van der Waals surface area contributed by atoms with Gasteiger partial charge in [0.15, 0.2) is 0 Å². The molecule has 0 aromatic carbocycles. The first-order chi connectivity index (χ1) is 8.22. The van der Waals surface area contributed by atoms with Crippen molar-refractivity contribution in [3.63, 3.8) is 0 Å². The maximum Gasteiger partial charge on any atom is 0.259 e. The van der Waals surface area contributed by atoms with Gasteiger partial charge in [0.25, 0.3) is 5.91 Å². The first-order valence-corrected chi connectivity index (χ1v) is 5.67. The molecule has 0 unspecified atom stereocenters. The second-order valence-electron chi connectivity index (χ2n) is 4.14. The molecule has 4 nitrogen and oxygen atoms in total. The van der Waals surface area contributed by atoms with E-state index in [1.54, 1.807) is 23.2 Å². The topological polar surface area (TPSA) is 42.4 Å². The van der Waals surface area contributed by atoms with Gasteiger partial charge in [-0.25, -0.2) is 4.98 Å². The number of hydrogen-bond acceptors (Lipinski definition) is 3. The summed E-state index contributed by atoms with van der Waals surface area (Å²) in [5.74, 6) is 0.351. The van der Waals surface area contributed by atoms with E-state index in [2.05, 4.69) is 11.6 Å². The summed E-state index contributed by atoms with van der Waals surface area (Å²) in [6.45, 7) is 5.35.